The molecule has 1 aromatic heterocycles. The number of amides is 1. The fourth-order valence-electron chi connectivity index (χ4n) is 3.76. The zero-order valence-corrected chi connectivity index (χ0v) is 16.3. The Kier molecular flexibility index (Phi) is 6.33. The Morgan fingerprint density at radius 1 is 1.38 bits per heavy atom. The summed E-state index contributed by atoms with van der Waals surface area (Å²) in [4.78, 5) is 13.7. The van der Waals surface area contributed by atoms with Gasteiger partial charge in [0.05, 0.1) is 5.69 Å². The minimum Gasteiger partial charge on any atom is -0.356 e. The predicted molar refractivity (Wildman–Crippen MR) is 105 cm³/mol. The minimum absolute atomic E-state index is 0.0443. The lowest BCUT2D eigenvalue weighted by atomic mass is 9.98. The number of piperidine rings is 1. The molecule has 0 unspecified atom stereocenters. The van der Waals surface area contributed by atoms with Gasteiger partial charge in [0, 0.05) is 55.4 Å². The number of nitrogens with zero attached hydrogens (tertiary/aromatic N) is 3. The molecule has 2 heterocycles. The van der Waals surface area contributed by atoms with Crippen LogP contribution in [0.4, 0.5) is 0 Å². The summed E-state index contributed by atoms with van der Waals surface area (Å²) in [7, 11) is 1.96. The van der Waals surface area contributed by atoms with Crippen LogP contribution in [0.25, 0.3) is 11.3 Å². The normalized spacial score (nSPS) is 18.0. The molecule has 1 N–H and O–H groups in total. The average molecular weight is 375 g/mol. The molecule has 1 saturated heterocycles. The van der Waals surface area contributed by atoms with Crippen molar-refractivity contribution >= 4 is 17.5 Å². The molecule has 2 aromatic rings. The molecule has 6 heteroatoms. The van der Waals surface area contributed by atoms with E-state index >= 15 is 0 Å². The van der Waals surface area contributed by atoms with Gasteiger partial charge in [-0.2, -0.15) is 5.10 Å². The van der Waals surface area contributed by atoms with Crippen LogP contribution >= 0.6 is 11.6 Å². The third-order valence-electron chi connectivity index (χ3n) is 4.98. The first-order valence-corrected chi connectivity index (χ1v) is 9.67. The molecule has 0 bridgehead atoms. The number of halogens is 1. The smallest absolute Gasteiger partial charge is 0.216 e. The number of aryl methyl sites for hydroxylation is 1. The lowest BCUT2D eigenvalue weighted by molar-refractivity contribution is -0.119. The number of carbonyl (C=O) groups excluding carboxylic acids is 1. The largest absolute Gasteiger partial charge is 0.356 e. The Morgan fingerprint density at radius 3 is 3.00 bits per heavy atom. The first-order valence-electron chi connectivity index (χ1n) is 9.30. The summed E-state index contributed by atoms with van der Waals surface area (Å²) in [6, 6.07) is 8.38. The van der Waals surface area contributed by atoms with Gasteiger partial charge in [-0.05, 0) is 37.9 Å². The van der Waals surface area contributed by atoms with Crippen molar-refractivity contribution < 1.29 is 4.79 Å². The molecule has 0 spiro atoms. The Labute approximate surface area is 160 Å². The van der Waals surface area contributed by atoms with Crippen LogP contribution in [-0.4, -0.2) is 39.7 Å². The molecule has 1 fully saturated rings. The van der Waals surface area contributed by atoms with Gasteiger partial charge in [0.1, 0.15) is 0 Å². The van der Waals surface area contributed by atoms with E-state index in [1.807, 2.05) is 29.9 Å². The molecule has 3 rings (SSSR count). The zero-order chi connectivity index (χ0) is 18.5. The maximum atomic E-state index is 11.1. The summed E-state index contributed by atoms with van der Waals surface area (Å²) in [5.74, 6) is 0.0443. The van der Waals surface area contributed by atoms with Crippen LogP contribution in [0.1, 0.15) is 38.2 Å². The molecule has 140 valence electrons. The second kappa shape index (κ2) is 8.69. The zero-order valence-electron chi connectivity index (χ0n) is 15.5. The van der Waals surface area contributed by atoms with Gasteiger partial charge in [-0.3, -0.25) is 14.4 Å². The molecule has 0 saturated carbocycles. The van der Waals surface area contributed by atoms with Crippen molar-refractivity contribution in [2.45, 2.75) is 45.2 Å². The van der Waals surface area contributed by atoms with Crippen molar-refractivity contribution in [3.05, 3.63) is 41.0 Å². The minimum atomic E-state index is 0.0443. The number of hydrogen-bond acceptors (Lipinski definition) is 3. The molecule has 1 aliphatic rings. The van der Waals surface area contributed by atoms with Gasteiger partial charge >= 0.3 is 0 Å². The number of nitrogens with one attached hydrogen (secondary N) is 1. The highest BCUT2D eigenvalue weighted by molar-refractivity contribution is 6.30. The number of carbonyl (C=O) groups is 1. The van der Waals surface area contributed by atoms with Crippen molar-refractivity contribution in [1.29, 1.82) is 0 Å². The van der Waals surface area contributed by atoms with Crippen LogP contribution < -0.4 is 5.32 Å². The van der Waals surface area contributed by atoms with Crippen LogP contribution in [0.5, 0.6) is 0 Å². The first kappa shape index (κ1) is 18.9. The summed E-state index contributed by atoms with van der Waals surface area (Å²) in [6.07, 6.45) is 6.77. The van der Waals surface area contributed by atoms with Crippen molar-refractivity contribution in [3.63, 3.8) is 0 Å². The molecule has 1 aliphatic heterocycles. The molecule has 1 amide bonds. The second-order valence-electron chi connectivity index (χ2n) is 7.08. The summed E-state index contributed by atoms with van der Waals surface area (Å²) >= 11 is 6.17. The van der Waals surface area contributed by atoms with E-state index in [0.717, 1.165) is 42.3 Å². The maximum absolute atomic E-state index is 11.1. The van der Waals surface area contributed by atoms with E-state index in [9.17, 15) is 4.79 Å². The van der Waals surface area contributed by atoms with E-state index in [-0.39, 0.29) is 5.91 Å². The molecule has 0 aliphatic carbocycles. The molecule has 0 radical (unpaired) electrons. The number of rotatable bonds is 6. The highest BCUT2D eigenvalue weighted by Gasteiger charge is 2.24. The third kappa shape index (κ3) is 4.86. The summed E-state index contributed by atoms with van der Waals surface area (Å²) in [5.41, 5.74) is 3.28. The highest BCUT2D eigenvalue weighted by Crippen LogP contribution is 2.28. The Morgan fingerprint density at radius 2 is 2.23 bits per heavy atom. The average Bonchev–Trinajstić information content (AvgIpc) is 2.96. The lowest BCUT2D eigenvalue weighted by Crippen LogP contribution is -2.41. The van der Waals surface area contributed by atoms with E-state index in [2.05, 4.69) is 27.6 Å². The van der Waals surface area contributed by atoms with Crippen molar-refractivity contribution in [2.75, 3.05) is 13.1 Å². The molecule has 1 atom stereocenters. The van der Waals surface area contributed by atoms with Crippen LogP contribution in [0.3, 0.4) is 0 Å². The van der Waals surface area contributed by atoms with Crippen LogP contribution in [0.2, 0.25) is 5.02 Å². The quantitative estimate of drug-likeness (QED) is 0.840. The van der Waals surface area contributed by atoms with Crippen LogP contribution in [0, 0.1) is 0 Å². The van der Waals surface area contributed by atoms with Gasteiger partial charge in [-0.25, -0.2) is 0 Å². The standard InChI is InChI=1S/C20H27ClN4O/c1-15(26)22-10-9-19-8-3-4-11-25(19)14-17-13-24(2)23-20(17)16-6-5-7-18(21)12-16/h5-7,12-13,19H,3-4,8-11,14H2,1-2H3,(H,22,26)/t19-/m1/s1. The number of hydrogen-bond donors (Lipinski definition) is 1. The maximum Gasteiger partial charge on any atom is 0.216 e. The Bertz CT molecular complexity index is 758. The molecule has 26 heavy (non-hydrogen) atoms. The first-order chi connectivity index (χ1) is 12.5. The summed E-state index contributed by atoms with van der Waals surface area (Å²) in [5, 5.41) is 8.33. The van der Waals surface area contributed by atoms with Gasteiger partial charge in [0.25, 0.3) is 0 Å². The van der Waals surface area contributed by atoms with Gasteiger partial charge < -0.3 is 5.32 Å². The fourth-order valence-corrected chi connectivity index (χ4v) is 3.95. The van der Waals surface area contributed by atoms with Crippen molar-refractivity contribution in [2.24, 2.45) is 7.05 Å². The van der Waals surface area contributed by atoms with Crippen LogP contribution in [-0.2, 0) is 18.4 Å². The van der Waals surface area contributed by atoms with Gasteiger partial charge in [-0.1, -0.05) is 30.2 Å². The number of likely N-dealkylation sites (tertiary alicyclic amines) is 1. The molecule has 1 aromatic carbocycles. The predicted octanol–water partition coefficient (Wildman–Crippen LogP) is 3.62. The van der Waals surface area contributed by atoms with Gasteiger partial charge in [-0.15, -0.1) is 0 Å². The van der Waals surface area contributed by atoms with Crippen molar-refractivity contribution in [3.8, 4) is 11.3 Å². The van der Waals surface area contributed by atoms with E-state index in [1.165, 1.54) is 24.8 Å². The molecular formula is C20H27ClN4O. The number of benzene rings is 1. The monoisotopic (exact) mass is 374 g/mol. The molecular weight excluding hydrogens is 348 g/mol. The van der Waals surface area contributed by atoms with E-state index in [4.69, 9.17) is 11.6 Å². The fraction of sp³-hybridized carbons (Fsp3) is 0.500. The number of aromatic nitrogens is 2. The van der Waals surface area contributed by atoms with Crippen LogP contribution in [0.15, 0.2) is 30.5 Å². The SMILES string of the molecule is CC(=O)NCC[C@H]1CCCCN1Cc1cn(C)nc1-c1cccc(Cl)c1. The second-order valence-corrected chi connectivity index (χ2v) is 7.52. The van der Waals surface area contributed by atoms with E-state index in [0.29, 0.717) is 6.04 Å². The lowest BCUT2D eigenvalue weighted by Gasteiger charge is -2.35. The Hall–Kier alpha value is -1.85. The van der Waals surface area contributed by atoms with E-state index < -0.39 is 0 Å². The highest BCUT2D eigenvalue weighted by atomic mass is 35.5. The third-order valence-corrected chi connectivity index (χ3v) is 5.21. The molecule has 5 nitrogen and oxygen atoms in total. The summed E-state index contributed by atoms with van der Waals surface area (Å²) in [6.45, 7) is 4.28. The summed E-state index contributed by atoms with van der Waals surface area (Å²) < 4.78 is 1.88. The van der Waals surface area contributed by atoms with Gasteiger partial charge in [0.2, 0.25) is 5.91 Å². The van der Waals surface area contributed by atoms with Gasteiger partial charge in [0.15, 0.2) is 0 Å². The van der Waals surface area contributed by atoms with E-state index in [1.54, 1.807) is 6.92 Å². The van der Waals surface area contributed by atoms with Crippen molar-refractivity contribution in [1.82, 2.24) is 20.0 Å². The topological polar surface area (TPSA) is 50.2 Å². The Balaban J connectivity index is 1.75.